The number of aromatic nitrogens is 9. The summed E-state index contributed by atoms with van der Waals surface area (Å²) in [5.74, 6) is 0.546. The van der Waals surface area contributed by atoms with Gasteiger partial charge in [0.25, 0.3) is 0 Å². The van der Waals surface area contributed by atoms with Gasteiger partial charge in [0.1, 0.15) is 22.4 Å². The Morgan fingerprint density at radius 2 is 0.966 bits per heavy atom. The number of carbonyl (C=O) groups excluding carboxylic acids is 2. The molecule has 1 N–H and O–H groups in total. The van der Waals surface area contributed by atoms with E-state index in [2.05, 4.69) is 40.0 Å². The summed E-state index contributed by atoms with van der Waals surface area (Å²) in [6, 6.07) is 5.39. The fourth-order valence-corrected chi connectivity index (χ4v) is 6.52. The summed E-state index contributed by atoms with van der Waals surface area (Å²) in [6.07, 6.45) is 16.9. The second kappa shape index (κ2) is 22.2. The Kier molecular flexibility index (Phi) is 16.9. The lowest BCUT2D eigenvalue weighted by molar-refractivity contribution is 0.0698. The minimum Gasteiger partial charge on any atom is -0.477 e. The molecule has 0 atom stereocenters. The third-order valence-corrected chi connectivity index (χ3v) is 9.66. The van der Waals surface area contributed by atoms with Gasteiger partial charge in [-0.1, -0.05) is 24.4 Å². The van der Waals surface area contributed by atoms with Crippen LogP contribution in [-0.4, -0.2) is 132 Å². The highest BCUT2D eigenvalue weighted by molar-refractivity contribution is 6.29. The van der Waals surface area contributed by atoms with Crippen molar-refractivity contribution in [2.24, 2.45) is 0 Å². The van der Waals surface area contributed by atoms with Gasteiger partial charge in [0, 0.05) is 71.2 Å². The predicted molar refractivity (Wildman–Crippen MR) is 223 cm³/mol. The summed E-state index contributed by atoms with van der Waals surface area (Å²) in [6.45, 7) is 11.3. The molecule has 6 aromatic heterocycles. The van der Waals surface area contributed by atoms with E-state index >= 15 is 0 Å². The third-order valence-electron chi connectivity index (χ3n) is 9.45. The first kappa shape index (κ1) is 44.8. The number of carboxylic acids is 1. The van der Waals surface area contributed by atoms with Crippen molar-refractivity contribution in [2.75, 3.05) is 75.6 Å². The Morgan fingerprint density at radius 3 is 1.44 bits per heavy atom. The van der Waals surface area contributed by atoms with Gasteiger partial charge in [0.2, 0.25) is 0 Å². The zero-order valence-corrected chi connectivity index (χ0v) is 34.7. The fraction of sp³-hybridized carbons (Fsp3) is 0.462. The van der Waals surface area contributed by atoms with Crippen molar-refractivity contribution in [3.05, 3.63) is 77.2 Å². The lowest BCUT2D eigenvalue weighted by Gasteiger charge is -2.20. The van der Waals surface area contributed by atoms with E-state index in [0.717, 1.165) is 77.1 Å². The molecule has 3 aliphatic rings. The molecule has 316 valence electrons. The molecule has 0 spiro atoms. The smallest absolute Gasteiger partial charge is 0.341 e. The monoisotopic (exact) mass is 853 g/mol. The van der Waals surface area contributed by atoms with E-state index in [1.807, 2.05) is 18.3 Å². The number of carboxylic acid groups (broad SMARTS) is 1. The van der Waals surface area contributed by atoms with Gasteiger partial charge in [-0.3, -0.25) is 9.59 Å². The van der Waals surface area contributed by atoms with E-state index in [-0.39, 0.29) is 29.5 Å². The molecule has 0 saturated carbocycles. The molecule has 0 amide bonds. The Morgan fingerprint density at radius 1 is 0.559 bits per heavy atom. The predicted octanol–water partition coefficient (Wildman–Crippen LogP) is 5.40. The molecule has 0 unspecified atom stereocenters. The van der Waals surface area contributed by atoms with Crippen LogP contribution in [0.4, 0.5) is 11.6 Å². The van der Waals surface area contributed by atoms with Gasteiger partial charge < -0.3 is 29.1 Å². The van der Waals surface area contributed by atoms with Crippen LogP contribution in [0.25, 0.3) is 16.9 Å². The normalized spacial score (nSPS) is 15.8. The summed E-state index contributed by atoms with van der Waals surface area (Å²) < 4.78 is 20.7. The molecule has 0 aliphatic carbocycles. The van der Waals surface area contributed by atoms with Crippen molar-refractivity contribution in [3.8, 4) is 0 Å². The zero-order valence-electron chi connectivity index (χ0n) is 33.1. The molecule has 0 bridgehead atoms. The number of rotatable bonds is 5. The zero-order chi connectivity index (χ0) is 40.9. The maximum absolute atomic E-state index is 11.5. The number of carbonyl (C=O) groups is 3. The van der Waals surface area contributed by atoms with E-state index in [4.69, 9.17) is 30.9 Å². The highest BCUT2D eigenvalue weighted by atomic mass is 35.5. The summed E-state index contributed by atoms with van der Waals surface area (Å²) >= 11 is 5.69. The van der Waals surface area contributed by atoms with Gasteiger partial charge in [-0.15, -0.1) is 12.4 Å². The van der Waals surface area contributed by atoms with Gasteiger partial charge in [-0.05, 0) is 57.7 Å². The average Bonchev–Trinajstić information content (AvgIpc) is 3.68. The number of nitrogens with zero attached hydrogens (tertiary/aromatic N) is 11. The fourth-order valence-electron chi connectivity index (χ4n) is 6.38. The first-order valence-electron chi connectivity index (χ1n) is 19.4. The highest BCUT2D eigenvalue weighted by Gasteiger charge is 2.18. The molecule has 9 rings (SSSR count). The van der Waals surface area contributed by atoms with Crippen LogP contribution in [0.3, 0.4) is 0 Å². The third kappa shape index (κ3) is 12.1. The first-order chi connectivity index (χ1) is 28.2. The molecule has 20 heteroatoms. The van der Waals surface area contributed by atoms with Crippen molar-refractivity contribution < 1.29 is 33.7 Å². The second-order valence-corrected chi connectivity index (χ2v) is 14.0. The van der Waals surface area contributed by atoms with Gasteiger partial charge >= 0.3 is 5.97 Å². The van der Waals surface area contributed by atoms with Crippen molar-refractivity contribution in [2.45, 2.75) is 52.4 Å². The average molecular weight is 855 g/mol. The minimum absolute atomic E-state index is 0. The molecular weight excluding hydrogens is 805 g/mol. The molecule has 3 fully saturated rings. The summed E-state index contributed by atoms with van der Waals surface area (Å²) in [5, 5.41) is 21.5. The van der Waals surface area contributed by atoms with Gasteiger partial charge in [-0.2, -0.15) is 15.3 Å². The maximum atomic E-state index is 11.5. The molecule has 18 nitrogen and oxygen atoms in total. The largest absolute Gasteiger partial charge is 0.477 e. The van der Waals surface area contributed by atoms with Crippen LogP contribution >= 0.6 is 24.0 Å². The van der Waals surface area contributed by atoms with E-state index in [0.29, 0.717) is 46.4 Å². The molecule has 59 heavy (non-hydrogen) atoms. The molecule has 3 aliphatic heterocycles. The van der Waals surface area contributed by atoms with Crippen LogP contribution in [0.1, 0.15) is 83.4 Å². The number of anilines is 2. The van der Waals surface area contributed by atoms with Crippen LogP contribution in [0.15, 0.2) is 55.4 Å². The number of hydrogen-bond acceptors (Lipinski definition) is 14. The number of aromatic carboxylic acids is 1. The Bertz CT molecular complexity index is 2170. The molecular formula is C39H49Cl2N11O7. The second-order valence-electron chi connectivity index (χ2n) is 13.7. The summed E-state index contributed by atoms with van der Waals surface area (Å²) in [5.41, 5.74) is 2.66. The van der Waals surface area contributed by atoms with Crippen molar-refractivity contribution in [1.29, 1.82) is 0 Å². The van der Waals surface area contributed by atoms with Crippen LogP contribution in [0, 0.1) is 0 Å². The van der Waals surface area contributed by atoms with Gasteiger partial charge in [0.05, 0.1) is 42.9 Å². The molecule has 3 saturated heterocycles. The van der Waals surface area contributed by atoms with Gasteiger partial charge in [0.15, 0.2) is 28.5 Å². The minimum atomic E-state index is -1.01. The Balaban J connectivity index is 0.000000156. The molecule has 9 heterocycles. The Labute approximate surface area is 351 Å². The number of halogens is 2. The number of fused-ring (bicyclic) bond motifs is 3. The molecule has 0 radical (unpaired) electrons. The van der Waals surface area contributed by atoms with Crippen LogP contribution in [-0.2, 0) is 14.2 Å². The number of ketones is 2. The van der Waals surface area contributed by atoms with Crippen molar-refractivity contribution >= 4 is 70.1 Å². The lowest BCUT2D eigenvalue weighted by Crippen LogP contribution is -2.27. The summed E-state index contributed by atoms with van der Waals surface area (Å²) in [7, 11) is 0. The topological polar surface area (TPSA) is 196 Å². The standard InChI is InChI=1S/C13H16N4O2.C12H14N4O3.C8H6ClN3O.C6H12O.ClH/c1-10(18)11-9-14-17-5-3-12(15-13(11)17)16-4-2-7-19-8-6-16;17-12(18)9-8-13-16-4-2-10(14-11(9)16)15-3-1-6-19-7-5-15;1-5(13)6-4-10-12-3-2-7(9)11-8(6)12;1-2-4-6-7-5-3-1;/h3,5,9H,2,4,6-8H2,1H3;2,4,8H,1,3,5-7H2,(H,17,18);2-4H,1H3;1-6H2;1H. The lowest BCUT2D eigenvalue weighted by atomic mass is 10.2. The van der Waals surface area contributed by atoms with Crippen LogP contribution in [0.5, 0.6) is 0 Å². The van der Waals surface area contributed by atoms with E-state index < -0.39 is 5.97 Å². The van der Waals surface area contributed by atoms with Gasteiger partial charge in [-0.25, -0.2) is 33.3 Å². The number of Topliss-reactive ketones (excluding diaryl/α,β-unsaturated/α-hetero) is 2. The number of ether oxygens (including phenoxy) is 3. The first-order valence-corrected chi connectivity index (χ1v) is 19.7. The van der Waals surface area contributed by atoms with E-state index in [1.165, 1.54) is 61.0 Å². The SMILES string of the molecule is C1CCCOCC1.CC(=O)c1cnn2ccc(Cl)nc12.CC(=O)c1cnn2ccc(N3CCCOCC3)nc12.Cl.O=C(O)c1cnn2ccc(N3CCCOCC3)nc12. The number of hydrogen-bond donors (Lipinski definition) is 1. The van der Waals surface area contributed by atoms with Crippen LogP contribution in [0.2, 0.25) is 5.15 Å². The van der Waals surface area contributed by atoms with Crippen molar-refractivity contribution in [3.63, 3.8) is 0 Å². The van der Waals surface area contributed by atoms with E-state index in [1.54, 1.807) is 29.2 Å². The van der Waals surface area contributed by atoms with Crippen molar-refractivity contribution in [1.82, 2.24) is 43.8 Å². The quantitative estimate of drug-likeness (QED) is 0.171. The van der Waals surface area contributed by atoms with Crippen LogP contribution < -0.4 is 9.80 Å². The Hall–Kier alpha value is -5.27. The highest BCUT2D eigenvalue weighted by Crippen LogP contribution is 2.19. The molecule has 6 aromatic rings. The maximum Gasteiger partial charge on any atom is 0.341 e. The molecule has 0 aromatic carbocycles. The summed E-state index contributed by atoms with van der Waals surface area (Å²) in [4.78, 5) is 51.0. The van der Waals surface area contributed by atoms with E-state index in [9.17, 15) is 14.4 Å².